The number of aryl methyl sites for hydroxylation is 2. The summed E-state index contributed by atoms with van der Waals surface area (Å²) in [6.45, 7) is 8.58. The van der Waals surface area contributed by atoms with E-state index >= 15 is 0 Å². The maximum atomic E-state index is 12.9. The number of nitrogens with zero attached hydrogens (tertiary/aromatic N) is 5. The summed E-state index contributed by atoms with van der Waals surface area (Å²) in [5.41, 5.74) is 10.7. The van der Waals surface area contributed by atoms with Crippen LogP contribution in [0.15, 0.2) is 66.3 Å². The number of benzene rings is 2. The Morgan fingerprint density at radius 1 is 1.18 bits per heavy atom. The zero-order valence-corrected chi connectivity index (χ0v) is 22.8. The van der Waals surface area contributed by atoms with E-state index in [1.165, 1.54) is 12.4 Å². The Hall–Kier alpha value is -4.09. The van der Waals surface area contributed by atoms with Crippen molar-refractivity contribution in [3.05, 3.63) is 78.1 Å². The average Bonchev–Trinajstić information content (AvgIpc) is 3.34. The topological polar surface area (TPSA) is 136 Å². The number of carbonyl (C=O) groups excluding carboxylic acids is 1. The maximum absolute atomic E-state index is 12.9. The predicted octanol–water partition coefficient (Wildman–Crippen LogP) is 3.52. The first-order chi connectivity index (χ1) is 18.7. The summed E-state index contributed by atoms with van der Waals surface area (Å²) in [6, 6.07) is 12.8. The van der Waals surface area contributed by atoms with Crippen molar-refractivity contribution >= 4 is 32.8 Å². The third-order valence-electron chi connectivity index (χ3n) is 7.07. The molecular formula is C28H31N7O3S. The molecule has 0 aliphatic carbocycles. The molecule has 39 heavy (non-hydrogen) atoms. The van der Waals surface area contributed by atoms with Gasteiger partial charge < -0.3 is 10.6 Å². The molecule has 11 heteroatoms. The maximum Gasteiger partial charge on any atom is 0.246 e. The van der Waals surface area contributed by atoms with E-state index in [9.17, 15) is 13.2 Å². The molecule has 4 aromatic rings. The number of nitrogen functional groups attached to an aromatic ring is 1. The van der Waals surface area contributed by atoms with E-state index in [2.05, 4.69) is 21.3 Å². The van der Waals surface area contributed by atoms with Crippen LogP contribution in [0.5, 0.6) is 0 Å². The van der Waals surface area contributed by atoms with Gasteiger partial charge in [0.1, 0.15) is 17.8 Å². The summed E-state index contributed by atoms with van der Waals surface area (Å²) in [7, 11) is -3.66. The lowest BCUT2D eigenvalue weighted by atomic mass is 10.1. The molecule has 1 amide bonds. The van der Waals surface area contributed by atoms with Gasteiger partial charge in [0.2, 0.25) is 15.9 Å². The van der Waals surface area contributed by atoms with Gasteiger partial charge in [-0.1, -0.05) is 43.0 Å². The summed E-state index contributed by atoms with van der Waals surface area (Å²) in [4.78, 5) is 23.0. The lowest BCUT2D eigenvalue weighted by Gasteiger charge is -2.32. The normalized spacial score (nSPS) is 15.9. The standard InChI is InChI=1S/C28H31N7O3S/c1-4-24(36)34-13-5-6-22(16-34)35-28-25(27(29)30-17-31-28)26(33-35)21-11-9-20(10-12-21)15-32-39(37,38)23-14-18(2)7-8-19(23)3/h4,7-12,14,17,22,32H,1,5-6,13,15-16H2,2-3H3,(H2,29,30,31)/t22-/m1/s1. The molecule has 0 unspecified atom stereocenters. The van der Waals surface area contributed by atoms with E-state index in [4.69, 9.17) is 10.8 Å². The van der Waals surface area contributed by atoms with E-state index < -0.39 is 10.0 Å². The SMILES string of the molecule is C=CC(=O)N1CCC[C@@H](n2nc(-c3ccc(CNS(=O)(=O)c4cc(C)ccc4C)cc3)c3c(N)ncnc32)C1. The van der Waals surface area contributed by atoms with Gasteiger partial charge in [-0.05, 0) is 55.5 Å². The van der Waals surface area contributed by atoms with Crippen LogP contribution in [0.2, 0.25) is 0 Å². The molecule has 202 valence electrons. The van der Waals surface area contributed by atoms with Gasteiger partial charge in [-0.2, -0.15) is 5.10 Å². The molecule has 1 saturated heterocycles. The fourth-order valence-electron chi connectivity index (χ4n) is 4.97. The minimum absolute atomic E-state index is 0.0630. The van der Waals surface area contributed by atoms with Crippen LogP contribution in [0, 0.1) is 13.8 Å². The second kappa shape index (κ2) is 10.6. The number of hydrogen-bond donors (Lipinski definition) is 2. The monoisotopic (exact) mass is 545 g/mol. The van der Waals surface area contributed by atoms with E-state index in [1.807, 2.05) is 41.9 Å². The number of nitrogens with one attached hydrogen (secondary N) is 1. The molecule has 10 nitrogen and oxygen atoms in total. The summed E-state index contributed by atoms with van der Waals surface area (Å²) >= 11 is 0. The summed E-state index contributed by atoms with van der Waals surface area (Å²) in [6.07, 6.45) is 4.44. The van der Waals surface area contributed by atoms with Crippen molar-refractivity contribution in [1.82, 2.24) is 29.4 Å². The smallest absolute Gasteiger partial charge is 0.246 e. The Kier molecular flexibility index (Phi) is 7.19. The van der Waals surface area contributed by atoms with Gasteiger partial charge in [0.15, 0.2) is 5.65 Å². The fraction of sp³-hybridized carbons (Fsp3) is 0.286. The molecule has 0 spiro atoms. The summed E-state index contributed by atoms with van der Waals surface area (Å²) < 4.78 is 30.4. The van der Waals surface area contributed by atoms with Crippen LogP contribution < -0.4 is 10.5 Å². The fourth-order valence-corrected chi connectivity index (χ4v) is 6.31. The molecular weight excluding hydrogens is 514 g/mol. The number of sulfonamides is 1. The van der Waals surface area contributed by atoms with Crippen LogP contribution >= 0.6 is 0 Å². The zero-order chi connectivity index (χ0) is 27.7. The van der Waals surface area contributed by atoms with Crippen LogP contribution in [-0.4, -0.2) is 52.1 Å². The summed E-state index contributed by atoms with van der Waals surface area (Å²) in [5.74, 6) is 0.218. The number of rotatable bonds is 7. The second-order valence-electron chi connectivity index (χ2n) is 9.83. The van der Waals surface area contributed by atoms with E-state index in [-0.39, 0.29) is 23.4 Å². The van der Waals surface area contributed by atoms with Gasteiger partial charge >= 0.3 is 0 Å². The van der Waals surface area contributed by atoms with Crippen LogP contribution in [0.25, 0.3) is 22.3 Å². The minimum Gasteiger partial charge on any atom is -0.383 e. The zero-order valence-electron chi connectivity index (χ0n) is 22.0. The molecule has 5 rings (SSSR count). The first kappa shape index (κ1) is 26.5. The van der Waals surface area contributed by atoms with Crippen molar-refractivity contribution < 1.29 is 13.2 Å². The predicted molar refractivity (Wildman–Crippen MR) is 150 cm³/mol. The number of amides is 1. The number of hydrogen-bond acceptors (Lipinski definition) is 7. The van der Waals surface area contributed by atoms with Crippen molar-refractivity contribution in [3.8, 4) is 11.3 Å². The third-order valence-corrected chi connectivity index (χ3v) is 8.62. The van der Waals surface area contributed by atoms with Crippen molar-refractivity contribution in [3.63, 3.8) is 0 Å². The third kappa shape index (κ3) is 5.27. The second-order valence-corrected chi connectivity index (χ2v) is 11.6. The van der Waals surface area contributed by atoms with Gasteiger partial charge in [0, 0.05) is 25.2 Å². The van der Waals surface area contributed by atoms with E-state index in [0.29, 0.717) is 41.2 Å². The Morgan fingerprint density at radius 2 is 1.95 bits per heavy atom. The lowest BCUT2D eigenvalue weighted by Crippen LogP contribution is -2.40. The van der Waals surface area contributed by atoms with Crippen molar-refractivity contribution in [1.29, 1.82) is 0 Å². The first-order valence-corrected chi connectivity index (χ1v) is 14.2. The number of piperidine rings is 1. The van der Waals surface area contributed by atoms with Crippen molar-refractivity contribution in [2.75, 3.05) is 18.8 Å². The van der Waals surface area contributed by atoms with Gasteiger partial charge in [-0.3, -0.25) is 4.79 Å². The molecule has 1 aliphatic heterocycles. The van der Waals surface area contributed by atoms with Gasteiger partial charge in [0.25, 0.3) is 0 Å². The number of carbonyl (C=O) groups is 1. The highest BCUT2D eigenvalue weighted by Crippen LogP contribution is 2.34. The van der Waals surface area contributed by atoms with Gasteiger partial charge in [-0.15, -0.1) is 0 Å². The highest BCUT2D eigenvalue weighted by Gasteiger charge is 2.28. The minimum atomic E-state index is -3.66. The lowest BCUT2D eigenvalue weighted by molar-refractivity contribution is -0.127. The highest BCUT2D eigenvalue weighted by atomic mass is 32.2. The number of likely N-dealkylation sites (tertiary alicyclic amines) is 1. The quantitative estimate of drug-likeness (QED) is 0.339. The Morgan fingerprint density at radius 3 is 2.69 bits per heavy atom. The number of anilines is 1. The molecule has 2 aromatic carbocycles. The van der Waals surface area contributed by atoms with Gasteiger partial charge in [-0.25, -0.2) is 27.8 Å². The van der Waals surface area contributed by atoms with Gasteiger partial charge in [0.05, 0.1) is 16.3 Å². The summed E-state index contributed by atoms with van der Waals surface area (Å²) in [5, 5.41) is 5.54. The number of aromatic nitrogens is 4. The highest BCUT2D eigenvalue weighted by molar-refractivity contribution is 7.89. The Labute approximate surface area is 227 Å². The Bertz CT molecular complexity index is 1660. The molecule has 2 aromatic heterocycles. The van der Waals surface area contributed by atoms with Crippen LogP contribution in [-0.2, 0) is 21.4 Å². The van der Waals surface area contributed by atoms with E-state index in [1.54, 1.807) is 24.0 Å². The van der Waals surface area contributed by atoms with Crippen LogP contribution in [0.1, 0.15) is 35.6 Å². The van der Waals surface area contributed by atoms with Crippen LogP contribution in [0.4, 0.5) is 5.82 Å². The first-order valence-electron chi connectivity index (χ1n) is 12.7. The average molecular weight is 546 g/mol. The van der Waals surface area contributed by atoms with E-state index in [0.717, 1.165) is 29.5 Å². The number of fused-ring (bicyclic) bond motifs is 1. The molecule has 0 radical (unpaired) electrons. The molecule has 0 bridgehead atoms. The molecule has 1 aliphatic rings. The molecule has 1 atom stereocenters. The molecule has 0 saturated carbocycles. The molecule has 3 heterocycles. The number of nitrogens with two attached hydrogens (primary N) is 1. The molecule has 1 fully saturated rings. The van der Waals surface area contributed by atoms with Crippen molar-refractivity contribution in [2.45, 2.75) is 44.2 Å². The molecule has 3 N–H and O–H groups in total. The largest absolute Gasteiger partial charge is 0.383 e. The van der Waals surface area contributed by atoms with Crippen molar-refractivity contribution in [2.24, 2.45) is 0 Å². The van der Waals surface area contributed by atoms with Crippen LogP contribution in [0.3, 0.4) is 0 Å². The Balaban J connectivity index is 1.41.